The summed E-state index contributed by atoms with van der Waals surface area (Å²) in [6, 6.07) is 5.16. The summed E-state index contributed by atoms with van der Waals surface area (Å²) in [5, 5.41) is 3.01. The van der Waals surface area contributed by atoms with Crippen molar-refractivity contribution in [3.05, 3.63) is 23.8 Å². The summed E-state index contributed by atoms with van der Waals surface area (Å²) in [6.07, 6.45) is 7.95. The smallest absolute Gasteiger partial charge is 0.251 e. The zero-order valence-corrected chi connectivity index (χ0v) is 18.5. The largest absolute Gasteiger partial charge is 0.379 e. The molecule has 1 aromatic carbocycles. The summed E-state index contributed by atoms with van der Waals surface area (Å²) in [5.74, 6) is -0.231. The van der Waals surface area contributed by atoms with Gasteiger partial charge in [-0.1, -0.05) is 6.42 Å². The van der Waals surface area contributed by atoms with Gasteiger partial charge in [0.1, 0.15) is 4.90 Å². The molecular weight excluding hydrogens is 402 g/mol. The van der Waals surface area contributed by atoms with E-state index in [1.165, 1.54) is 6.42 Å². The van der Waals surface area contributed by atoms with E-state index in [9.17, 15) is 13.2 Å². The molecule has 166 valence electrons. The number of hydrogen-bond acceptors (Lipinski definition) is 5. The van der Waals surface area contributed by atoms with E-state index >= 15 is 0 Å². The molecule has 1 amide bonds. The molecule has 1 N–H and O–H groups in total. The van der Waals surface area contributed by atoms with Crippen LogP contribution < -0.4 is 10.2 Å². The lowest BCUT2D eigenvalue weighted by Crippen LogP contribution is -2.41. The normalized spacial score (nSPS) is 23.9. The van der Waals surface area contributed by atoms with E-state index < -0.39 is 10.0 Å². The van der Waals surface area contributed by atoms with Crippen LogP contribution in [0.25, 0.3) is 0 Å². The second kappa shape index (κ2) is 9.66. The van der Waals surface area contributed by atoms with E-state index in [1.807, 2.05) is 6.07 Å². The van der Waals surface area contributed by atoms with E-state index in [-0.39, 0.29) is 16.8 Å². The van der Waals surface area contributed by atoms with Crippen LogP contribution in [0.15, 0.2) is 23.1 Å². The summed E-state index contributed by atoms with van der Waals surface area (Å²) in [6.45, 7) is 4.06. The van der Waals surface area contributed by atoms with Gasteiger partial charge in [0, 0.05) is 38.3 Å². The molecule has 1 atom stereocenters. The minimum atomic E-state index is -3.64. The highest BCUT2D eigenvalue weighted by Gasteiger charge is 2.31. The number of benzene rings is 1. The van der Waals surface area contributed by atoms with Gasteiger partial charge in [-0.05, 0) is 63.1 Å². The molecule has 3 saturated heterocycles. The topological polar surface area (TPSA) is 79.0 Å². The average molecular weight is 436 g/mol. The summed E-state index contributed by atoms with van der Waals surface area (Å²) >= 11 is 0. The standard InChI is InChI=1S/C22H33N3O4S/c26-22(23-19-8-7-15-29-17-19)18-9-10-20(24-11-3-1-4-12-24)21(16-18)30(27,28)25-13-5-2-6-14-25/h9-10,16,19H,1-8,11-15,17H2,(H,23,26). The number of sulfonamides is 1. The lowest BCUT2D eigenvalue weighted by molar-refractivity contribution is 0.0624. The highest BCUT2D eigenvalue weighted by Crippen LogP contribution is 2.32. The van der Waals surface area contributed by atoms with Gasteiger partial charge in [-0.2, -0.15) is 4.31 Å². The number of nitrogens with one attached hydrogen (secondary N) is 1. The van der Waals surface area contributed by atoms with Gasteiger partial charge >= 0.3 is 0 Å². The number of ether oxygens (including phenoxy) is 1. The second-order valence-corrected chi connectivity index (χ2v) is 10.5. The molecule has 0 radical (unpaired) electrons. The van der Waals surface area contributed by atoms with E-state index in [2.05, 4.69) is 10.2 Å². The fraction of sp³-hybridized carbons (Fsp3) is 0.682. The molecule has 8 heteroatoms. The minimum Gasteiger partial charge on any atom is -0.379 e. The van der Waals surface area contributed by atoms with E-state index in [1.54, 1.807) is 16.4 Å². The first-order valence-electron chi connectivity index (χ1n) is 11.3. The molecular formula is C22H33N3O4S. The number of amides is 1. The van der Waals surface area contributed by atoms with Gasteiger partial charge in [0.05, 0.1) is 18.3 Å². The summed E-state index contributed by atoms with van der Waals surface area (Å²) in [5.41, 5.74) is 1.13. The van der Waals surface area contributed by atoms with Crippen molar-refractivity contribution in [3.63, 3.8) is 0 Å². The van der Waals surface area contributed by atoms with Crippen molar-refractivity contribution in [2.75, 3.05) is 44.3 Å². The molecule has 3 fully saturated rings. The summed E-state index contributed by atoms with van der Waals surface area (Å²) < 4.78 is 34.2. The van der Waals surface area contributed by atoms with Crippen LogP contribution >= 0.6 is 0 Å². The maximum absolute atomic E-state index is 13.6. The highest BCUT2D eigenvalue weighted by atomic mass is 32.2. The van der Waals surface area contributed by atoms with Crippen molar-refractivity contribution in [3.8, 4) is 0 Å². The Balaban J connectivity index is 1.64. The Morgan fingerprint density at radius 3 is 2.33 bits per heavy atom. The number of carbonyl (C=O) groups is 1. The molecule has 4 rings (SSSR count). The van der Waals surface area contributed by atoms with Crippen LogP contribution in [0.1, 0.15) is 61.7 Å². The van der Waals surface area contributed by atoms with Crippen molar-refractivity contribution in [2.45, 2.75) is 62.3 Å². The van der Waals surface area contributed by atoms with Crippen LogP contribution in [0.5, 0.6) is 0 Å². The second-order valence-electron chi connectivity index (χ2n) is 8.58. The molecule has 0 aromatic heterocycles. The fourth-order valence-electron chi connectivity index (χ4n) is 4.63. The van der Waals surface area contributed by atoms with Gasteiger partial charge in [0.2, 0.25) is 10.0 Å². The van der Waals surface area contributed by atoms with Crippen LogP contribution in [0.3, 0.4) is 0 Å². The van der Waals surface area contributed by atoms with E-state index in [0.717, 1.165) is 70.3 Å². The monoisotopic (exact) mass is 435 g/mol. The highest BCUT2D eigenvalue weighted by molar-refractivity contribution is 7.89. The number of carbonyl (C=O) groups excluding carboxylic acids is 1. The van der Waals surface area contributed by atoms with Gasteiger partial charge in [-0.25, -0.2) is 8.42 Å². The fourth-order valence-corrected chi connectivity index (χ4v) is 6.38. The molecule has 0 saturated carbocycles. The van der Waals surface area contributed by atoms with Crippen LogP contribution in [0.4, 0.5) is 5.69 Å². The molecule has 7 nitrogen and oxygen atoms in total. The predicted octanol–water partition coefficient (Wildman–Crippen LogP) is 2.76. The summed E-state index contributed by atoms with van der Waals surface area (Å²) in [4.78, 5) is 15.3. The molecule has 3 aliphatic heterocycles. The minimum absolute atomic E-state index is 0.0184. The Labute approximate surface area is 179 Å². The first kappa shape index (κ1) is 21.6. The molecule has 1 unspecified atom stereocenters. The lowest BCUT2D eigenvalue weighted by atomic mass is 10.1. The third-order valence-corrected chi connectivity index (χ3v) is 8.27. The van der Waals surface area contributed by atoms with Crippen LogP contribution in [0.2, 0.25) is 0 Å². The Morgan fingerprint density at radius 1 is 0.967 bits per heavy atom. The average Bonchev–Trinajstić information content (AvgIpc) is 2.80. The number of rotatable bonds is 5. The number of piperidine rings is 2. The molecule has 3 heterocycles. The van der Waals surface area contributed by atoms with Crippen LogP contribution in [-0.4, -0.2) is 64.1 Å². The molecule has 0 bridgehead atoms. The Morgan fingerprint density at radius 2 is 1.67 bits per heavy atom. The predicted molar refractivity (Wildman–Crippen MR) is 116 cm³/mol. The molecule has 0 spiro atoms. The number of anilines is 1. The zero-order chi connectivity index (χ0) is 21.0. The van der Waals surface area contributed by atoms with Gasteiger partial charge in [0.15, 0.2) is 0 Å². The first-order chi connectivity index (χ1) is 14.6. The zero-order valence-electron chi connectivity index (χ0n) is 17.6. The van der Waals surface area contributed by atoms with Crippen molar-refractivity contribution >= 4 is 21.6 Å². The Hall–Kier alpha value is -1.64. The van der Waals surface area contributed by atoms with Crippen LogP contribution in [-0.2, 0) is 14.8 Å². The van der Waals surface area contributed by atoms with Crippen LogP contribution in [0, 0.1) is 0 Å². The molecule has 3 aliphatic rings. The summed E-state index contributed by atoms with van der Waals surface area (Å²) in [7, 11) is -3.64. The first-order valence-corrected chi connectivity index (χ1v) is 12.8. The maximum atomic E-state index is 13.6. The van der Waals surface area contributed by atoms with E-state index in [0.29, 0.717) is 25.3 Å². The van der Waals surface area contributed by atoms with Crippen molar-refractivity contribution in [1.29, 1.82) is 0 Å². The third kappa shape index (κ3) is 4.81. The van der Waals surface area contributed by atoms with Gasteiger partial charge in [0.25, 0.3) is 5.91 Å². The molecule has 1 aromatic rings. The molecule has 30 heavy (non-hydrogen) atoms. The van der Waals surface area contributed by atoms with Crippen molar-refractivity contribution < 1.29 is 17.9 Å². The Bertz CT molecular complexity index is 840. The van der Waals surface area contributed by atoms with E-state index in [4.69, 9.17) is 4.74 Å². The SMILES string of the molecule is O=C(NC1CCCOC1)c1ccc(N2CCCCC2)c(S(=O)(=O)N2CCCCC2)c1. The van der Waals surface area contributed by atoms with Crippen molar-refractivity contribution in [2.24, 2.45) is 0 Å². The number of hydrogen-bond donors (Lipinski definition) is 1. The number of nitrogens with zero attached hydrogens (tertiary/aromatic N) is 2. The Kier molecular flexibility index (Phi) is 6.95. The van der Waals surface area contributed by atoms with Gasteiger partial charge < -0.3 is 15.0 Å². The molecule has 0 aliphatic carbocycles. The van der Waals surface area contributed by atoms with Crippen molar-refractivity contribution in [1.82, 2.24) is 9.62 Å². The van der Waals surface area contributed by atoms with Gasteiger partial charge in [-0.3, -0.25) is 4.79 Å². The lowest BCUT2D eigenvalue weighted by Gasteiger charge is -2.33. The third-order valence-electron chi connectivity index (χ3n) is 6.35. The van der Waals surface area contributed by atoms with Gasteiger partial charge in [-0.15, -0.1) is 0 Å². The quantitative estimate of drug-likeness (QED) is 0.769. The maximum Gasteiger partial charge on any atom is 0.251 e.